The molecule has 0 saturated heterocycles. The highest BCUT2D eigenvalue weighted by atomic mass is 35.5. The molecular formula is C24H25ClN4O2. The molecule has 7 heteroatoms. The van der Waals surface area contributed by atoms with E-state index in [2.05, 4.69) is 10.4 Å². The van der Waals surface area contributed by atoms with Crippen LogP contribution in [0.25, 0.3) is 11.3 Å². The molecule has 1 saturated carbocycles. The van der Waals surface area contributed by atoms with Gasteiger partial charge < -0.3 is 11.1 Å². The van der Waals surface area contributed by atoms with Crippen LogP contribution in [0.1, 0.15) is 47.6 Å². The summed E-state index contributed by atoms with van der Waals surface area (Å²) in [6.45, 7) is 0. The zero-order chi connectivity index (χ0) is 22.0. The molecule has 1 aliphatic rings. The number of hydrogen-bond acceptors (Lipinski definition) is 4. The smallest absolute Gasteiger partial charge is 0.267 e. The molecule has 2 aromatic carbocycles. The average Bonchev–Trinajstić information content (AvgIpc) is 2.79. The second-order valence-corrected chi connectivity index (χ2v) is 8.50. The highest BCUT2D eigenvalue weighted by molar-refractivity contribution is 6.30. The Balaban J connectivity index is 1.58. The van der Waals surface area contributed by atoms with E-state index in [-0.39, 0.29) is 17.5 Å². The van der Waals surface area contributed by atoms with E-state index in [4.69, 9.17) is 17.3 Å². The van der Waals surface area contributed by atoms with Crippen molar-refractivity contribution in [3.05, 3.63) is 87.2 Å². The van der Waals surface area contributed by atoms with Gasteiger partial charge >= 0.3 is 0 Å². The largest absolute Gasteiger partial charge is 0.355 e. The van der Waals surface area contributed by atoms with Crippen LogP contribution in [-0.4, -0.2) is 22.7 Å². The van der Waals surface area contributed by atoms with Crippen LogP contribution in [0.4, 0.5) is 0 Å². The van der Waals surface area contributed by atoms with E-state index in [1.807, 2.05) is 36.4 Å². The molecule has 4 rings (SSSR count). The molecule has 0 radical (unpaired) electrons. The first-order chi connectivity index (χ1) is 14.9. The standard InChI is InChI=1S/C24H25ClN4O2/c1-27-23(31)17-5-2-4-16(14-17)21-8-9-22(30)29(28-21)20-10-12-24(26,13-11-20)18-6-3-7-19(25)15-18/h2-9,14-15,20H,10-13,26H2,1H3,(H,27,31). The van der Waals surface area contributed by atoms with Crippen LogP contribution in [0.5, 0.6) is 0 Å². The van der Waals surface area contributed by atoms with Crippen molar-refractivity contribution in [1.82, 2.24) is 15.1 Å². The quantitative estimate of drug-likeness (QED) is 0.649. The Bertz CT molecular complexity index is 1170. The van der Waals surface area contributed by atoms with Gasteiger partial charge in [-0.2, -0.15) is 5.10 Å². The molecule has 6 nitrogen and oxygen atoms in total. The van der Waals surface area contributed by atoms with Crippen LogP contribution in [0.2, 0.25) is 5.02 Å². The van der Waals surface area contributed by atoms with Gasteiger partial charge in [0.1, 0.15) is 0 Å². The Hall–Kier alpha value is -2.96. The van der Waals surface area contributed by atoms with Gasteiger partial charge in [0.15, 0.2) is 0 Å². The van der Waals surface area contributed by atoms with E-state index in [0.717, 1.165) is 36.8 Å². The second kappa shape index (κ2) is 8.65. The molecule has 3 aromatic rings. The Kier molecular flexibility index (Phi) is 5.94. The molecule has 31 heavy (non-hydrogen) atoms. The number of nitrogens with one attached hydrogen (secondary N) is 1. The summed E-state index contributed by atoms with van der Waals surface area (Å²) in [6, 6.07) is 18.1. The summed E-state index contributed by atoms with van der Waals surface area (Å²) >= 11 is 6.15. The number of carbonyl (C=O) groups is 1. The Labute approximate surface area is 186 Å². The number of carbonyl (C=O) groups excluding carboxylic acids is 1. The van der Waals surface area contributed by atoms with E-state index in [9.17, 15) is 9.59 Å². The maximum atomic E-state index is 12.6. The molecule has 1 amide bonds. The molecule has 1 heterocycles. The number of aromatic nitrogens is 2. The van der Waals surface area contributed by atoms with Crippen LogP contribution in [0.15, 0.2) is 65.5 Å². The maximum Gasteiger partial charge on any atom is 0.267 e. The molecule has 3 N–H and O–H groups in total. The zero-order valence-electron chi connectivity index (χ0n) is 17.3. The van der Waals surface area contributed by atoms with Crippen molar-refractivity contribution in [2.45, 2.75) is 37.3 Å². The summed E-state index contributed by atoms with van der Waals surface area (Å²) in [4.78, 5) is 24.5. The minimum atomic E-state index is -0.454. The predicted octanol–water partition coefficient (Wildman–Crippen LogP) is 3.89. The van der Waals surface area contributed by atoms with Crippen molar-refractivity contribution in [2.75, 3.05) is 7.05 Å². The maximum absolute atomic E-state index is 12.6. The average molecular weight is 437 g/mol. The van der Waals surface area contributed by atoms with E-state index in [0.29, 0.717) is 16.3 Å². The third-order valence-corrected chi connectivity index (χ3v) is 6.30. The van der Waals surface area contributed by atoms with Crippen LogP contribution < -0.4 is 16.6 Å². The van der Waals surface area contributed by atoms with Crippen molar-refractivity contribution in [3.8, 4) is 11.3 Å². The molecule has 1 aromatic heterocycles. The predicted molar refractivity (Wildman–Crippen MR) is 122 cm³/mol. The van der Waals surface area contributed by atoms with Gasteiger partial charge in [0.2, 0.25) is 0 Å². The van der Waals surface area contributed by atoms with Crippen LogP contribution in [-0.2, 0) is 5.54 Å². The van der Waals surface area contributed by atoms with Crippen molar-refractivity contribution >= 4 is 17.5 Å². The number of amides is 1. The summed E-state index contributed by atoms with van der Waals surface area (Å²) in [7, 11) is 1.59. The van der Waals surface area contributed by atoms with Gasteiger partial charge in [-0.15, -0.1) is 0 Å². The molecule has 0 unspecified atom stereocenters. The minimum absolute atomic E-state index is 0.0227. The molecule has 0 aliphatic heterocycles. The summed E-state index contributed by atoms with van der Waals surface area (Å²) in [6.07, 6.45) is 2.97. The van der Waals surface area contributed by atoms with Gasteiger partial charge in [-0.1, -0.05) is 35.9 Å². The number of rotatable bonds is 4. The summed E-state index contributed by atoms with van der Waals surface area (Å²) in [5, 5.41) is 7.93. The second-order valence-electron chi connectivity index (χ2n) is 8.06. The molecule has 160 valence electrons. The number of halogens is 1. The lowest BCUT2D eigenvalue weighted by molar-refractivity contribution is 0.0963. The van der Waals surface area contributed by atoms with E-state index in [1.54, 1.807) is 29.9 Å². The molecule has 1 aliphatic carbocycles. The van der Waals surface area contributed by atoms with E-state index >= 15 is 0 Å². The van der Waals surface area contributed by atoms with Crippen LogP contribution in [0, 0.1) is 0 Å². The number of hydrogen-bond donors (Lipinski definition) is 2. The molecule has 0 atom stereocenters. The first-order valence-electron chi connectivity index (χ1n) is 10.4. The molecule has 0 bridgehead atoms. The third-order valence-electron chi connectivity index (χ3n) is 6.07. The van der Waals surface area contributed by atoms with Crippen LogP contribution >= 0.6 is 11.6 Å². The minimum Gasteiger partial charge on any atom is -0.355 e. The number of nitrogens with two attached hydrogens (primary N) is 1. The van der Waals surface area contributed by atoms with Gasteiger partial charge in [0.05, 0.1) is 11.7 Å². The highest BCUT2D eigenvalue weighted by Crippen LogP contribution is 2.39. The Morgan fingerprint density at radius 1 is 1.13 bits per heavy atom. The van der Waals surface area contributed by atoms with Crippen LogP contribution in [0.3, 0.4) is 0 Å². The fourth-order valence-corrected chi connectivity index (χ4v) is 4.44. The van der Waals surface area contributed by atoms with Gasteiger partial charge in [0, 0.05) is 34.8 Å². The Morgan fingerprint density at radius 3 is 2.58 bits per heavy atom. The highest BCUT2D eigenvalue weighted by Gasteiger charge is 2.34. The fraction of sp³-hybridized carbons (Fsp3) is 0.292. The van der Waals surface area contributed by atoms with Crippen molar-refractivity contribution in [3.63, 3.8) is 0 Å². The first-order valence-corrected chi connectivity index (χ1v) is 10.7. The lowest BCUT2D eigenvalue weighted by Gasteiger charge is -2.37. The fourth-order valence-electron chi connectivity index (χ4n) is 4.25. The first kappa shape index (κ1) is 21.3. The third kappa shape index (κ3) is 4.40. The van der Waals surface area contributed by atoms with Gasteiger partial charge in [0.25, 0.3) is 11.5 Å². The summed E-state index contributed by atoms with van der Waals surface area (Å²) < 4.78 is 1.57. The molecule has 0 spiro atoms. The topological polar surface area (TPSA) is 90.0 Å². The molecule has 1 fully saturated rings. The SMILES string of the molecule is CNC(=O)c1cccc(-c2ccc(=O)n(C3CCC(N)(c4cccc(Cl)c4)CC3)n2)c1. The Morgan fingerprint density at radius 2 is 1.87 bits per heavy atom. The van der Waals surface area contributed by atoms with Crippen molar-refractivity contribution in [1.29, 1.82) is 0 Å². The van der Waals surface area contributed by atoms with E-state index in [1.165, 1.54) is 6.07 Å². The molecular weight excluding hydrogens is 412 g/mol. The lowest BCUT2D eigenvalue weighted by atomic mass is 9.75. The van der Waals surface area contributed by atoms with Crippen molar-refractivity contribution in [2.24, 2.45) is 5.73 Å². The zero-order valence-corrected chi connectivity index (χ0v) is 18.1. The van der Waals surface area contributed by atoms with Crippen molar-refractivity contribution < 1.29 is 4.79 Å². The number of nitrogens with zero attached hydrogens (tertiary/aromatic N) is 2. The van der Waals surface area contributed by atoms with Gasteiger partial charge in [-0.05, 0) is 61.6 Å². The summed E-state index contributed by atoms with van der Waals surface area (Å²) in [5.41, 5.74) is 9.13. The monoisotopic (exact) mass is 436 g/mol. The van der Waals surface area contributed by atoms with Gasteiger partial charge in [-0.25, -0.2) is 4.68 Å². The summed E-state index contributed by atoms with van der Waals surface area (Å²) in [5.74, 6) is -0.164. The van der Waals surface area contributed by atoms with Gasteiger partial charge in [-0.3, -0.25) is 9.59 Å². The van der Waals surface area contributed by atoms with E-state index < -0.39 is 5.54 Å². The normalized spacial score (nSPS) is 20.9. The lowest BCUT2D eigenvalue weighted by Crippen LogP contribution is -2.42. The number of benzene rings is 2.